The number of hydrogen-bond donors (Lipinski definition) is 1. The molecule has 0 radical (unpaired) electrons. The zero-order chi connectivity index (χ0) is 13.0. The van der Waals surface area contributed by atoms with Crippen LogP contribution >= 0.6 is 0 Å². The third kappa shape index (κ3) is 2.92. The van der Waals surface area contributed by atoms with Gasteiger partial charge < -0.3 is 5.32 Å². The van der Waals surface area contributed by atoms with Gasteiger partial charge in [-0.25, -0.2) is 9.07 Å². The monoisotopic (exact) mass is 248 g/mol. The first-order chi connectivity index (χ1) is 8.70. The molecule has 1 heterocycles. The van der Waals surface area contributed by atoms with E-state index < -0.39 is 0 Å². The second kappa shape index (κ2) is 5.73. The lowest BCUT2D eigenvalue weighted by Gasteiger charge is -2.04. The van der Waals surface area contributed by atoms with Crippen LogP contribution in [-0.2, 0) is 6.54 Å². The Kier molecular flexibility index (Phi) is 4.04. The molecule has 0 aliphatic carbocycles. The van der Waals surface area contributed by atoms with E-state index in [4.69, 9.17) is 0 Å². The van der Waals surface area contributed by atoms with Crippen LogP contribution in [0.15, 0.2) is 24.4 Å². The van der Waals surface area contributed by atoms with Crippen LogP contribution in [0.3, 0.4) is 0 Å². The fraction of sp³-hybridized carbons (Fsp3) is 0.385. The van der Waals surface area contributed by atoms with E-state index in [0.717, 1.165) is 29.9 Å². The average Bonchev–Trinajstić information content (AvgIpc) is 2.81. The van der Waals surface area contributed by atoms with Crippen molar-refractivity contribution >= 4 is 0 Å². The minimum absolute atomic E-state index is 0.267. The second-order valence-corrected chi connectivity index (χ2v) is 4.26. The van der Waals surface area contributed by atoms with Crippen LogP contribution in [-0.4, -0.2) is 21.5 Å². The summed E-state index contributed by atoms with van der Waals surface area (Å²) >= 11 is 0. The minimum atomic E-state index is -0.267. The van der Waals surface area contributed by atoms with Crippen LogP contribution in [0.5, 0.6) is 0 Å². The topological polar surface area (TPSA) is 42.7 Å². The first kappa shape index (κ1) is 12.7. The minimum Gasteiger partial charge on any atom is -0.311 e. The lowest BCUT2D eigenvalue weighted by Crippen LogP contribution is -2.13. The molecule has 0 aliphatic rings. The van der Waals surface area contributed by atoms with Crippen molar-refractivity contribution in [2.45, 2.75) is 26.8 Å². The molecule has 0 fully saturated rings. The van der Waals surface area contributed by atoms with Gasteiger partial charge in [0.25, 0.3) is 0 Å². The summed E-state index contributed by atoms with van der Waals surface area (Å²) < 4.78 is 14.8. The maximum Gasteiger partial charge on any atom is 0.125 e. The largest absolute Gasteiger partial charge is 0.311 e. The molecule has 0 atom stereocenters. The Morgan fingerprint density at radius 2 is 2.22 bits per heavy atom. The lowest BCUT2D eigenvalue weighted by atomic mass is 10.2. The summed E-state index contributed by atoms with van der Waals surface area (Å²) in [5, 5.41) is 11.3. The number of rotatable bonds is 5. The summed E-state index contributed by atoms with van der Waals surface area (Å²) in [4.78, 5) is 0. The summed E-state index contributed by atoms with van der Waals surface area (Å²) in [5.74, 6) is -0.267. The van der Waals surface area contributed by atoms with Crippen LogP contribution in [0.4, 0.5) is 4.39 Å². The maximum absolute atomic E-state index is 13.2. The van der Waals surface area contributed by atoms with Crippen LogP contribution in [0.25, 0.3) is 5.69 Å². The number of aromatic nitrogens is 3. The fourth-order valence-corrected chi connectivity index (χ4v) is 1.72. The van der Waals surface area contributed by atoms with Crippen molar-refractivity contribution in [3.05, 3.63) is 41.5 Å². The van der Waals surface area contributed by atoms with Crippen LogP contribution in [0.2, 0.25) is 0 Å². The van der Waals surface area contributed by atoms with E-state index in [1.54, 1.807) is 10.7 Å². The molecule has 0 aliphatic heterocycles. The summed E-state index contributed by atoms with van der Waals surface area (Å²) in [6, 6.07) is 4.65. The standard InChI is InChI=1S/C13H17FN4/c1-3-6-15-8-12-9-18(17-16-12)13-7-11(14)5-4-10(13)2/h4-5,7,9,15H,3,6,8H2,1-2H3. The number of benzene rings is 1. The van der Waals surface area contributed by atoms with Crippen molar-refractivity contribution in [3.8, 4) is 5.69 Å². The maximum atomic E-state index is 13.2. The second-order valence-electron chi connectivity index (χ2n) is 4.26. The van der Waals surface area contributed by atoms with Gasteiger partial charge in [-0.15, -0.1) is 5.10 Å². The van der Waals surface area contributed by atoms with Crippen LogP contribution < -0.4 is 5.32 Å². The molecule has 4 nitrogen and oxygen atoms in total. The Hall–Kier alpha value is -1.75. The molecular weight excluding hydrogens is 231 g/mol. The molecule has 0 spiro atoms. The van der Waals surface area contributed by atoms with E-state index in [9.17, 15) is 4.39 Å². The van der Waals surface area contributed by atoms with Crippen molar-refractivity contribution in [3.63, 3.8) is 0 Å². The molecule has 1 aromatic heterocycles. The van der Waals surface area contributed by atoms with Gasteiger partial charge in [0.2, 0.25) is 0 Å². The lowest BCUT2D eigenvalue weighted by molar-refractivity contribution is 0.624. The number of hydrogen-bond acceptors (Lipinski definition) is 3. The number of aryl methyl sites for hydroxylation is 1. The summed E-state index contributed by atoms with van der Waals surface area (Å²) in [6.07, 6.45) is 2.90. The molecule has 0 saturated heterocycles. The van der Waals surface area contributed by atoms with E-state index >= 15 is 0 Å². The highest BCUT2D eigenvalue weighted by molar-refractivity contribution is 5.39. The Balaban J connectivity index is 2.16. The molecule has 2 rings (SSSR count). The quantitative estimate of drug-likeness (QED) is 0.825. The summed E-state index contributed by atoms with van der Waals surface area (Å²) in [6.45, 7) is 5.67. The van der Waals surface area contributed by atoms with E-state index in [-0.39, 0.29) is 5.82 Å². The first-order valence-corrected chi connectivity index (χ1v) is 6.09. The molecule has 0 unspecified atom stereocenters. The van der Waals surface area contributed by atoms with Gasteiger partial charge in [0.15, 0.2) is 0 Å². The summed E-state index contributed by atoms with van der Waals surface area (Å²) in [5.41, 5.74) is 2.55. The fourth-order valence-electron chi connectivity index (χ4n) is 1.72. The van der Waals surface area contributed by atoms with Gasteiger partial charge in [-0.2, -0.15) is 0 Å². The van der Waals surface area contributed by atoms with Crippen LogP contribution in [0.1, 0.15) is 24.6 Å². The molecule has 2 aromatic rings. The normalized spacial score (nSPS) is 10.8. The first-order valence-electron chi connectivity index (χ1n) is 6.09. The van der Waals surface area contributed by atoms with Crippen molar-refractivity contribution < 1.29 is 4.39 Å². The Bertz CT molecular complexity index is 521. The molecule has 1 N–H and O–H groups in total. The van der Waals surface area contributed by atoms with Crippen LogP contribution in [0, 0.1) is 12.7 Å². The van der Waals surface area contributed by atoms with Gasteiger partial charge >= 0.3 is 0 Å². The number of nitrogens with zero attached hydrogens (tertiary/aromatic N) is 3. The predicted octanol–water partition coefficient (Wildman–Crippen LogP) is 2.21. The van der Waals surface area contributed by atoms with E-state index in [1.165, 1.54) is 12.1 Å². The Morgan fingerprint density at radius 1 is 1.39 bits per heavy atom. The molecule has 96 valence electrons. The van der Waals surface area contributed by atoms with Gasteiger partial charge in [0.1, 0.15) is 5.82 Å². The van der Waals surface area contributed by atoms with E-state index in [2.05, 4.69) is 22.6 Å². The third-order valence-corrected chi connectivity index (χ3v) is 2.69. The van der Waals surface area contributed by atoms with E-state index in [0.29, 0.717) is 6.54 Å². The predicted molar refractivity (Wildman–Crippen MR) is 68.1 cm³/mol. The third-order valence-electron chi connectivity index (χ3n) is 2.69. The zero-order valence-electron chi connectivity index (χ0n) is 10.7. The Labute approximate surface area is 106 Å². The molecule has 1 aromatic carbocycles. The molecular formula is C13H17FN4. The smallest absolute Gasteiger partial charge is 0.125 e. The van der Waals surface area contributed by atoms with Crippen molar-refractivity contribution in [2.24, 2.45) is 0 Å². The molecule has 0 saturated carbocycles. The van der Waals surface area contributed by atoms with Crippen molar-refractivity contribution in [1.29, 1.82) is 0 Å². The SMILES string of the molecule is CCCNCc1cn(-c2cc(F)ccc2C)nn1. The van der Waals surface area contributed by atoms with Gasteiger partial charge in [0.05, 0.1) is 17.6 Å². The average molecular weight is 248 g/mol. The number of nitrogens with one attached hydrogen (secondary N) is 1. The molecule has 5 heteroatoms. The van der Waals surface area contributed by atoms with Gasteiger partial charge in [-0.3, -0.25) is 0 Å². The van der Waals surface area contributed by atoms with Gasteiger partial charge in [-0.1, -0.05) is 18.2 Å². The Morgan fingerprint density at radius 3 is 3.00 bits per heavy atom. The van der Waals surface area contributed by atoms with E-state index in [1.807, 2.05) is 13.1 Å². The zero-order valence-corrected chi connectivity index (χ0v) is 10.7. The highest BCUT2D eigenvalue weighted by Crippen LogP contribution is 2.14. The summed E-state index contributed by atoms with van der Waals surface area (Å²) in [7, 11) is 0. The molecule has 18 heavy (non-hydrogen) atoms. The highest BCUT2D eigenvalue weighted by atomic mass is 19.1. The highest BCUT2D eigenvalue weighted by Gasteiger charge is 2.06. The van der Waals surface area contributed by atoms with Gasteiger partial charge in [-0.05, 0) is 37.6 Å². The molecule has 0 bridgehead atoms. The van der Waals surface area contributed by atoms with Gasteiger partial charge in [0, 0.05) is 6.54 Å². The van der Waals surface area contributed by atoms with Crippen molar-refractivity contribution in [1.82, 2.24) is 20.3 Å². The number of halogens is 1. The molecule has 0 amide bonds. The van der Waals surface area contributed by atoms with Crippen molar-refractivity contribution in [2.75, 3.05) is 6.54 Å².